The molecule has 0 unspecified atom stereocenters. The second kappa shape index (κ2) is 16.2. The van der Waals surface area contributed by atoms with Gasteiger partial charge in [0.15, 0.2) is 11.5 Å². The van der Waals surface area contributed by atoms with Crippen molar-refractivity contribution >= 4 is 6.09 Å². The molecular formula is C30H52N2O6. The quantitative estimate of drug-likeness (QED) is 0.303. The topological polar surface area (TPSA) is 89.5 Å². The number of benzene rings is 1. The van der Waals surface area contributed by atoms with E-state index in [-0.39, 0.29) is 5.92 Å². The third-order valence-electron chi connectivity index (χ3n) is 7.04. The van der Waals surface area contributed by atoms with Crippen LogP contribution < -0.4 is 14.8 Å². The third-order valence-corrected chi connectivity index (χ3v) is 7.04. The lowest BCUT2D eigenvalue weighted by Crippen LogP contribution is -2.51. The van der Waals surface area contributed by atoms with E-state index < -0.39 is 23.8 Å². The second-order valence-electron chi connectivity index (χ2n) is 11.8. The molecule has 0 aromatic heterocycles. The molecule has 2 N–H and O–H groups in total. The van der Waals surface area contributed by atoms with Crippen LogP contribution >= 0.6 is 0 Å². The standard InChI is InChI=1S/C30H52N2O6/c1-22(2)24(18-23-12-13-27(36-7)28(19-23)37-17-11-16-35-6)20-25(31-29(34)38-30(3,4)5)26(33)21-32-14-9-8-10-15-32/h12-13,19,22,24-26,33H,8-11,14-18,20-21H2,1-7H3,(H,31,34)/t24-,25+,26+/m1/s1. The Balaban J connectivity index is 2.17. The van der Waals surface area contributed by atoms with Gasteiger partial charge in [-0.05, 0) is 89.1 Å². The van der Waals surface area contributed by atoms with Gasteiger partial charge in [-0.2, -0.15) is 0 Å². The van der Waals surface area contributed by atoms with Gasteiger partial charge in [0.05, 0.1) is 25.9 Å². The van der Waals surface area contributed by atoms with Gasteiger partial charge in [-0.3, -0.25) is 0 Å². The fourth-order valence-corrected chi connectivity index (χ4v) is 4.87. The van der Waals surface area contributed by atoms with Crippen molar-refractivity contribution in [2.75, 3.05) is 47.1 Å². The van der Waals surface area contributed by atoms with Crippen molar-refractivity contribution in [3.63, 3.8) is 0 Å². The van der Waals surface area contributed by atoms with E-state index in [1.165, 1.54) is 6.42 Å². The van der Waals surface area contributed by atoms with E-state index in [1.807, 2.05) is 32.9 Å². The maximum Gasteiger partial charge on any atom is 0.407 e. The highest BCUT2D eigenvalue weighted by atomic mass is 16.6. The third kappa shape index (κ3) is 11.8. The Kier molecular flexibility index (Phi) is 13.7. The number of carbonyl (C=O) groups is 1. The van der Waals surface area contributed by atoms with Crippen LogP contribution in [-0.4, -0.2) is 80.9 Å². The highest BCUT2D eigenvalue weighted by molar-refractivity contribution is 5.68. The molecular weight excluding hydrogens is 484 g/mol. The summed E-state index contributed by atoms with van der Waals surface area (Å²) in [5, 5.41) is 14.3. The number of likely N-dealkylation sites (tertiary alicyclic amines) is 1. The minimum absolute atomic E-state index is 0.223. The molecule has 1 aliphatic rings. The summed E-state index contributed by atoms with van der Waals surface area (Å²) in [4.78, 5) is 15.0. The summed E-state index contributed by atoms with van der Waals surface area (Å²) in [5.74, 6) is 1.99. The van der Waals surface area contributed by atoms with E-state index in [9.17, 15) is 9.90 Å². The average molecular weight is 537 g/mol. The van der Waals surface area contributed by atoms with Gasteiger partial charge < -0.3 is 34.3 Å². The maximum absolute atomic E-state index is 12.7. The zero-order valence-electron chi connectivity index (χ0n) is 24.8. The Morgan fingerprint density at radius 3 is 2.39 bits per heavy atom. The lowest BCUT2D eigenvalue weighted by atomic mass is 9.83. The highest BCUT2D eigenvalue weighted by Gasteiger charge is 2.30. The number of aliphatic hydroxyl groups excluding tert-OH is 1. The predicted octanol–water partition coefficient (Wildman–Crippen LogP) is 5.06. The number of piperidine rings is 1. The van der Waals surface area contributed by atoms with Crippen LogP contribution in [0.3, 0.4) is 0 Å². The molecule has 38 heavy (non-hydrogen) atoms. The first-order valence-electron chi connectivity index (χ1n) is 14.2. The first-order chi connectivity index (χ1) is 18.0. The number of methoxy groups -OCH3 is 2. The summed E-state index contributed by atoms with van der Waals surface area (Å²) in [6.07, 6.45) is 4.60. The van der Waals surface area contributed by atoms with Crippen LogP contribution in [-0.2, 0) is 15.9 Å². The molecule has 1 aromatic carbocycles. The fourth-order valence-electron chi connectivity index (χ4n) is 4.87. The Labute approximate surface area is 230 Å². The van der Waals surface area contributed by atoms with Crippen molar-refractivity contribution in [3.05, 3.63) is 23.8 Å². The molecule has 0 bridgehead atoms. The van der Waals surface area contributed by atoms with Gasteiger partial charge in [0, 0.05) is 26.7 Å². The molecule has 218 valence electrons. The number of alkyl carbamates (subject to hydrolysis) is 1. The molecule has 1 saturated heterocycles. The van der Waals surface area contributed by atoms with Gasteiger partial charge in [0.25, 0.3) is 0 Å². The van der Waals surface area contributed by atoms with Gasteiger partial charge in [-0.1, -0.05) is 26.3 Å². The molecule has 8 heteroatoms. The van der Waals surface area contributed by atoms with E-state index in [1.54, 1.807) is 14.2 Å². The van der Waals surface area contributed by atoms with Crippen LogP contribution in [0.15, 0.2) is 18.2 Å². The monoisotopic (exact) mass is 536 g/mol. The van der Waals surface area contributed by atoms with Crippen molar-refractivity contribution in [2.24, 2.45) is 11.8 Å². The number of carbonyl (C=O) groups excluding carboxylic acids is 1. The molecule has 1 fully saturated rings. The van der Waals surface area contributed by atoms with Crippen LogP contribution in [0.25, 0.3) is 0 Å². The van der Waals surface area contributed by atoms with E-state index >= 15 is 0 Å². The highest BCUT2D eigenvalue weighted by Crippen LogP contribution is 2.31. The number of β-amino-alcohol motifs (C(OH)–C–C–N with tert-alkyl or cyclic N) is 1. The minimum Gasteiger partial charge on any atom is -0.493 e. The average Bonchev–Trinajstić information content (AvgIpc) is 2.85. The number of nitrogens with zero attached hydrogens (tertiary/aromatic N) is 1. The van der Waals surface area contributed by atoms with Gasteiger partial charge in [0.1, 0.15) is 5.60 Å². The number of rotatable bonds is 15. The lowest BCUT2D eigenvalue weighted by molar-refractivity contribution is 0.0300. The van der Waals surface area contributed by atoms with E-state index in [0.717, 1.165) is 50.1 Å². The van der Waals surface area contributed by atoms with Crippen LogP contribution in [0.1, 0.15) is 72.3 Å². The van der Waals surface area contributed by atoms with Crippen molar-refractivity contribution in [3.8, 4) is 11.5 Å². The van der Waals surface area contributed by atoms with E-state index in [0.29, 0.717) is 37.8 Å². The van der Waals surface area contributed by atoms with Crippen LogP contribution in [0.5, 0.6) is 11.5 Å². The lowest BCUT2D eigenvalue weighted by Gasteiger charge is -2.34. The Morgan fingerprint density at radius 2 is 1.79 bits per heavy atom. The number of aliphatic hydroxyl groups is 1. The van der Waals surface area contributed by atoms with Gasteiger partial charge >= 0.3 is 6.09 Å². The molecule has 0 saturated carbocycles. The first-order valence-corrected chi connectivity index (χ1v) is 14.2. The Hall–Kier alpha value is -2.03. The molecule has 1 aliphatic heterocycles. The molecule has 0 spiro atoms. The number of ether oxygens (including phenoxy) is 4. The molecule has 0 aliphatic carbocycles. The normalized spacial score (nSPS) is 17.1. The number of hydrogen-bond donors (Lipinski definition) is 2. The summed E-state index contributed by atoms with van der Waals surface area (Å²) in [6, 6.07) is 5.64. The first kappa shape index (κ1) is 32.2. The van der Waals surface area contributed by atoms with Crippen molar-refractivity contribution in [2.45, 2.75) is 90.9 Å². The summed E-state index contributed by atoms with van der Waals surface area (Å²) < 4.78 is 22.2. The van der Waals surface area contributed by atoms with Crippen molar-refractivity contribution < 1.29 is 28.8 Å². The second-order valence-corrected chi connectivity index (χ2v) is 11.8. The molecule has 3 atom stereocenters. The van der Waals surface area contributed by atoms with Gasteiger partial charge in [0.2, 0.25) is 0 Å². The number of hydrogen-bond acceptors (Lipinski definition) is 7. The molecule has 2 rings (SSSR count). The van der Waals surface area contributed by atoms with Crippen LogP contribution in [0, 0.1) is 11.8 Å². The number of nitrogens with one attached hydrogen (secondary N) is 1. The van der Waals surface area contributed by atoms with E-state index in [2.05, 4.69) is 30.1 Å². The molecule has 0 radical (unpaired) electrons. The molecule has 1 aromatic rings. The predicted molar refractivity (Wildman–Crippen MR) is 151 cm³/mol. The van der Waals surface area contributed by atoms with Crippen molar-refractivity contribution in [1.29, 1.82) is 0 Å². The largest absolute Gasteiger partial charge is 0.493 e. The smallest absolute Gasteiger partial charge is 0.407 e. The summed E-state index contributed by atoms with van der Waals surface area (Å²) >= 11 is 0. The minimum atomic E-state index is -0.683. The van der Waals surface area contributed by atoms with Crippen LogP contribution in [0.2, 0.25) is 0 Å². The van der Waals surface area contributed by atoms with Crippen molar-refractivity contribution in [1.82, 2.24) is 10.2 Å². The Bertz CT molecular complexity index is 819. The van der Waals surface area contributed by atoms with Gasteiger partial charge in [-0.15, -0.1) is 0 Å². The summed E-state index contributed by atoms with van der Waals surface area (Å²) in [7, 11) is 3.33. The SMILES string of the molecule is COCCCOc1cc(C[C@H](C[C@H](NC(=O)OC(C)(C)C)[C@@H](O)CN2CCCCC2)C(C)C)ccc1OC. The summed E-state index contributed by atoms with van der Waals surface area (Å²) in [6.45, 7) is 13.6. The van der Waals surface area contributed by atoms with E-state index in [4.69, 9.17) is 18.9 Å². The zero-order valence-corrected chi connectivity index (χ0v) is 24.8. The Morgan fingerprint density at radius 1 is 1.08 bits per heavy atom. The number of amides is 1. The van der Waals surface area contributed by atoms with Gasteiger partial charge in [-0.25, -0.2) is 4.79 Å². The molecule has 1 amide bonds. The fraction of sp³-hybridized carbons (Fsp3) is 0.767. The molecule has 1 heterocycles. The maximum atomic E-state index is 12.7. The zero-order chi connectivity index (χ0) is 28.1. The summed E-state index contributed by atoms with van der Waals surface area (Å²) in [5.41, 5.74) is 0.528. The van der Waals surface area contributed by atoms with Crippen LogP contribution in [0.4, 0.5) is 4.79 Å². The molecule has 8 nitrogen and oxygen atoms in total.